The summed E-state index contributed by atoms with van der Waals surface area (Å²) in [6.45, 7) is 3.65. The Morgan fingerprint density at radius 2 is 1.93 bits per heavy atom. The Kier molecular flexibility index (Phi) is 6.49. The molecule has 0 saturated heterocycles. The molecular formula is C10H23N3O. The second-order valence-corrected chi connectivity index (χ2v) is 3.86. The Balaban J connectivity index is 4.07. The van der Waals surface area contributed by atoms with E-state index in [2.05, 4.69) is 11.8 Å². The van der Waals surface area contributed by atoms with Crippen molar-refractivity contribution < 1.29 is 4.79 Å². The Hall–Kier alpha value is -0.610. The van der Waals surface area contributed by atoms with Gasteiger partial charge < -0.3 is 15.5 Å². The minimum Gasteiger partial charge on any atom is -0.349 e. The number of carbonyl (C=O) groups excluding carboxylic acids is 1. The van der Waals surface area contributed by atoms with Gasteiger partial charge in [-0.2, -0.15) is 0 Å². The first-order chi connectivity index (χ1) is 6.52. The first-order valence-corrected chi connectivity index (χ1v) is 5.13. The van der Waals surface area contributed by atoms with Gasteiger partial charge in [0.2, 0.25) is 5.91 Å². The molecule has 0 aromatic heterocycles. The zero-order valence-corrected chi connectivity index (χ0v) is 9.79. The highest BCUT2D eigenvalue weighted by Crippen LogP contribution is 2.03. The van der Waals surface area contributed by atoms with Crippen LogP contribution in [0.25, 0.3) is 0 Å². The van der Waals surface area contributed by atoms with E-state index < -0.39 is 0 Å². The summed E-state index contributed by atoms with van der Waals surface area (Å²) < 4.78 is 0. The molecule has 4 heteroatoms. The number of carbonyl (C=O) groups is 1. The van der Waals surface area contributed by atoms with Gasteiger partial charge in [0.25, 0.3) is 0 Å². The number of likely N-dealkylation sites (N-methyl/N-ethyl adjacent to an activating group) is 1. The molecule has 0 aliphatic rings. The lowest BCUT2D eigenvalue weighted by atomic mass is 10.1. The highest BCUT2D eigenvalue weighted by atomic mass is 16.2. The van der Waals surface area contributed by atoms with Crippen molar-refractivity contribution in [2.45, 2.75) is 25.8 Å². The van der Waals surface area contributed by atoms with Gasteiger partial charge in [0.15, 0.2) is 0 Å². The van der Waals surface area contributed by atoms with Crippen LogP contribution in [0.15, 0.2) is 0 Å². The Labute approximate surface area is 87.0 Å². The summed E-state index contributed by atoms with van der Waals surface area (Å²) in [4.78, 5) is 15.2. The summed E-state index contributed by atoms with van der Waals surface area (Å²) in [5.41, 5.74) is 5.64. The van der Waals surface area contributed by atoms with Gasteiger partial charge in [0.05, 0.1) is 0 Å². The number of nitrogens with zero attached hydrogens (tertiary/aromatic N) is 2. The van der Waals surface area contributed by atoms with Crippen LogP contribution in [0.4, 0.5) is 0 Å². The summed E-state index contributed by atoms with van der Waals surface area (Å²) in [6.07, 6.45) is 1.60. The highest BCUT2D eigenvalue weighted by Gasteiger charge is 2.17. The molecular weight excluding hydrogens is 178 g/mol. The highest BCUT2D eigenvalue weighted by molar-refractivity contribution is 5.76. The van der Waals surface area contributed by atoms with Crippen molar-refractivity contribution in [3.8, 4) is 0 Å². The fourth-order valence-electron chi connectivity index (χ4n) is 1.34. The average Bonchev–Trinajstić information content (AvgIpc) is 2.13. The predicted octanol–water partition coefficient (Wildman–Crippen LogP) is 0.134. The molecule has 1 atom stereocenters. The molecule has 0 heterocycles. The van der Waals surface area contributed by atoms with Crippen LogP contribution in [0.5, 0.6) is 0 Å². The summed E-state index contributed by atoms with van der Waals surface area (Å²) in [5.74, 6) is 0.142. The van der Waals surface area contributed by atoms with Crippen molar-refractivity contribution in [1.82, 2.24) is 9.80 Å². The van der Waals surface area contributed by atoms with Gasteiger partial charge in [0.1, 0.15) is 0 Å². The standard InChI is InChI=1S/C10H23N3O/c1-5-6-13(4)9(8-11)7-10(14)12(2)3/h9H,5-8,11H2,1-4H3. The molecule has 0 fully saturated rings. The topological polar surface area (TPSA) is 49.6 Å². The molecule has 84 valence electrons. The van der Waals surface area contributed by atoms with Gasteiger partial charge in [-0.25, -0.2) is 0 Å². The molecule has 4 nitrogen and oxygen atoms in total. The number of nitrogens with two attached hydrogens (primary N) is 1. The van der Waals surface area contributed by atoms with Crippen molar-refractivity contribution in [2.75, 3.05) is 34.2 Å². The summed E-state index contributed by atoms with van der Waals surface area (Å²) in [6, 6.07) is 0.171. The minimum atomic E-state index is 0.142. The summed E-state index contributed by atoms with van der Waals surface area (Å²) >= 11 is 0. The fraction of sp³-hybridized carbons (Fsp3) is 0.900. The van der Waals surface area contributed by atoms with Crippen LogP contribution in [0, 0.1) is 0 Å². The lowest BCUT2D eigenvalue weighted by Gasteiger charge is -2.27. The van der Waals surface area contributed by atoms with Crippen LogP contribution in [-0.4, -0.2) is 56.0 Å². The van der Waals surface area contributed by atoms with Gasteiger partial charge in [-0.3, -0.25) is 4.79 Å². The molecule has 0 aliphatic carbocycles. The Morgan fingerprint density at radius 1 is 1.36 bits per heavy atom. The van der Waals surface area contributed by atoms with Gasteiger partial charge in [0, 0.05) is 33.1 Å². The van der Waals surface area contributed by atoms with Crippen LogP contribution in [0.2, 0.25) is 0 Å². The van der Waals surface area contributed by atoms with Crippen LogP contribution >= 0.6 is 0 Å². The maximum atomic E-state index is 11.5. The number of amides is 1. The number of hydrogen-bond acceptors (Lipinski definition) is 3. The fourth-order valence-corrected chi connectivity index (χ4v) is 1.34. The monoisotopic (exact) mass is 201 g/mol. The molecule has 14 heavy (non-hydrogen) atoms. The third kappa shape index (κ3) is 4.58. The number of hydrogen-bond donors (Lipinski definition) is 1. The molecule has 0 aromatic rings. The van der Waals surface area contributed by atoms with Crippen molar-refractivity contribution >= 4 is 5.91 Å². The predicted molar refractivity (Wildman–Crippen MR) is 59.1 cm³/mol. The molecule has 2 N–H and O–H groups in total. The molecule has 0 bridgehead atoms. The Bertz CT molecular complexity index is 171. The second-order valence-electron chi connectivity index (χ2n) is 3.86. The van der Waals surface area contributed by atoms with Crippen molar-refractivity contribution in [3.63, 3.8) is 0 Å². The van der Waals surface area contributed by atoms with E-state index in [4.69, 9.17) is 5.73 Å². The summed E-state index contributed by atoms with van der Waals surface area (Å²) in [5, 5.41) is 0. The van der Waals surface area contributed by atoms with Gasteiger partial charge in [-0.05, 0) is 20.0 Å². The molecule has 1 amide bonds. The first kappa shape index (κ1) is 13.4. The van der Waals surface area contributed by atoms with Crippen LogP contribution < -0.4 is 5.73 Å². The van der Waals surface area contributed by atoms with E-state index in [-0.39, 0.29) is 11.9 Å². The lowest BCUT2D eigenvalue weighted by Crippen LogP contribution is -2.41. The van der Waals surface area contributed by atoms with Crippen molar-refractivity contribution in [3.05, 3.63) is 0 Å². The minimum absolute atomic E-state index is 0.142. The van der Waals surface area contributed by atoms with E-state index in [0.717, 1.165) is 13.0 Å². The first-order valence-electron chi connectivity index (χ1n) is 5.13. The maximum Gasteiger partial charge on any atom is 0.223 e. The van der Waals surface area contributed by atoms with E-state index in [1.54, 1.807) is 19.0 Å². The van der Waals surface area contributed by atoms with Crippen LogP contribution in [0.3, 0.4) is 0 Å². The molecule has 0 aliphatic heterocycles. The second kappa shape index (κ2) is 6.79. The molecule has 0 spiro atoms. The zero-order chi connectivity index (χ0) is 11.1. The molecule has 0 aromatic carbocycles. The maximum absolute atomic E-state index is 11.5. The van der Waals surface area contributed by atoms with E-state index in [1.807, 2.05) is 7.05 Å². The van der Waals surface area contributed by atoms with Crippen molar-refractivity contribution in [1.29, 1.82) is 0 Å². The molecule has 0 saturated carbocycles. The largest absolute Gasteiger partial charge is 0.349 e. The number of rotatable bonds is 6. The van der Waals surface area contributed by atoms with Crippen LogP contribution in [-0.2, 0) is 4.79 Å². The van der Waals surface area contributed by atoms with Crippen LogP contribution in [0.1, 0.15) is 19.8 Å². The van der Waals surface area contributed by atoms with E-state index in [9.17, 15) is 4.79 Å². The normalized spacial score (nSPS) is 13.0. The van der Waals surface area contributed by atoms with E-state index >= 15 is 0 Å². The van der Waals surface area contributed by atoms with Gasteiger partial charge >= 0.3 is 0 Å². The van der Waals surface area contributed by atoms with E-state index in [0.29, 0.717) is 13.0 Å². The van der Waals surface area contributed by atoms with Gasteiger partial charge in [-0.1, -0.05) is 6.92 Å². The average molecular weight is 201 g/mol. The lowest BCUT2D eigenvalue weighted by molar-refractivity contribution is -0.129. The molecule has 0 rings (SSSR count). The third-order valence-electron chi connectivity index (χ3n) is 2.38. The van der Waals surface area contributed by atoms with Crippen molar-refractivity contribution in [2.24, 2.45) is 5.73 Å². The SMILES string of the molecule is CCCN(C)C(CN)CC(=O)N(C)C. The quantitative estimate of drug-likeness (QED) is 0.665. The smallest absolute Gasteiger partial charge is 0.223 e. The Morgan fingerprint density at radius 3 is 2.29 bits per heavy atom. The molecule has 1 unspecified atom stereocenters. The van der Waals surface area contributed by atoms with Gasteiger partial charge in [-0.15, -0.1) is 0 Å². The molecule has 0 radical (unpaired) electrons. The summed E-state index contributed by atoms with van der Waals surface area (Å²) in [7, 11) is 5.56. The third-order valence-corrected chi connectivity index (χ3v) is 2.38. The zero-order valence-electron chi connectivity index (χ0n) is 9.79. The van der Waals surface area contributed by atoms with E-state index in [1.165, 1.54) is 0 Å².